The van der Waals surface area contributed by atoms with Gasteiger partial charge in [0.25, 0.3) is 0 Å². The fraction of sp³-hybridized carbons (Fsp3) is 0.294. The highest BCUT2D eigenvalue weighted by atomic mass is 35.5. The minimum atomic E-state index is 0.172. The van der Waals surface area contributed by atoms with Crippen LogP contribution in [0.4, 0.5) is 0 Å². The van der Waals surface area contributed by atoms with Crippen molar-refractivity contribution in [1.29, 1.82) is 0 Å². The van der Waals surface area contributed by atoms with Gasteiger partial charge in [0.2, 0.25) is 0 Å². The molecular weight excluding hydrogens is 305 g/mol. The number of hydrogen-bond donors (Lipinski definition) is 1. The van der Waals surface area contributed by atoms with Crippen LogP contribution in [0.2, 0.25) is 10.0 Å². The summed E-state index contributed by atoms with van der Waals surface area (Å²) in [5, 5.41) is 4.56. The zero-order valence-corrected chi connectivity index (χ0v) is 13.9. The first-order chi connectivity index (χ1) is 10.1. The molecule has 1 N–H and O–H groups in total. The van der Waals surface area contributed by atoms with Gasteiger partial charge in [-0.1, -0.05) is 47.5 Å². The number of halogens is 2. The van der Waals surface area contributed by atoms with Gasteiger partial charge in [-0.15, -0.1) is 0 Å². The number of aryl methyl sites for hydroxylation is 1. The predicted octanol–water partition coefficient (Wildman–Crippen LogP) is 4.81. The summed E-state index contributed by atoms with van der Waals surface area (Å²) in [7, 11) is 3.63. The second kappa shape index (κ2) is 7.17. The van der Waals surface area contributed by atoms with E-state index in [2.05, 4.69) is 17.4 Å². The van der Waals surface area contributed by atoms with E-state index in [0.29, 0.717) is 10.0 Å². The smallest absolute Gasteiger partial charge is 0.121 e. The lowest BCUT2D eigenvalue weighted by atomic mass is 9.97. The van der Waals surface area contributed by atoms with Crippen LogP contribution < -0.4 is 10.1 Å². The number of benzene rings is 2. The molecule has 1 atom stereocenters. The molecule has 0 fully saturated rings. The van der Waals surface area contributed by atoms with Crippen molar-refractivity contribution < 1.29 is 4.74 Å². The average molecular weight is 324 g/mol. The summed E-state index contributed by atoms with van der Waals surface area (Å²) in [5.41, 5.74) is 3.36. The summed E-state index contributed by atoms with van der Waals surface area (Å²) in [6.07, 6.45) is 0.779. The average Bonchev–Trinajstić information content (AvgIpc) is 2.48. The fourth-order valence-corrected chi connectivity index (χ4v) is 2.83. The molecule has 0 saturated heterocycles. The first-order valence-electron chi connectivity index (χ1n) is 6.81. The highest BCUT2D eigenvalue weighted by Crippen LogP contribution is 2.30. The van der Waals surface area contributed by atoms with Crippen molar-refractivity contribution in [2.45, 2.75) is 19.4 Å². The van der Waals surface area contributed by atoms with Crippen LogP contribution in [0.5, 0.6) is 5.75 Å². The molecule has 21 heavy (non-hydrogen) atoms. The molecular formula is C17H19Cl2NO. The molecule has 2 rings (SSSR count). The summed E-state index contributed by atoms with van der Waals surface area (Å²) >= 11 is 12.4. The lowest BCUT2D eigenvalue weighted by Crippen LogP contribution is -2.19. The van der Waals surface area contributed by atoms with Gasteiger partial charge in [-0.25, -0.2) is 0 Å². The third-order valence-electron chi connectivity index (χ3n) is 3.63. The molecule has 0 heterocycles. The number of rotatable bonds is 5. The molecule has 2 aromatic rings. The van der Waals surface area contributed by atoms with Crippen molar-refractivity contribution >= 4 is 23.2 Å². The highest BCUT2D eigenvalue weighted by Gasteiger charge is 2.14. The fourth-order valence-electron chi connectivity index (χ4n) is 2.43. The van der Waals surface area contributed by atoms with Crippen molar-refractivity contribution in [3.63, 3.8) is 0 Å². The lowest BCUT2D eigenvalue weighted by Gasteiger charge is -2.19. The largest absolute Gasteiger partial charge is 0.496 e. The Kier molecular flexibility index (Phi) is 5.51. The van der Waals surface area contributed by atoms with Gasteiger partial charge in [0.1, 0.15) is 5.75 Å². The third kappa shape index (κ3) is 3.70. The second-order valence-electron chi connectivity index (χ2n) is 4.99. The molecule has 2 aromatic carbocycles. The van der Waals surface area contributed by atoms with E-state index >= 15 is 0 Å². The Bertz CT molecular complexity index is 628. The molecule has 0 spiro atoms. The van der Waals surface area contributed by atoms with Crippen molar-refractivity contribution in [2.24, 2.45) is 0 Å². The van der Waals surface area contributed by atoms with E-state index in [-0.39, 0.29) is 6.04 Å². The second-order valence-corrected chi connectivity index (χ2v) is 5.77. The van der Waals surface area contributed by atoms with Gasteiger partial charge in [-0.2, -0.15) is 0 Å². The maximum atomic E-state index is 6.28. The minimum Gasteiger partial charge on any atom is -0.496 e. The van der Waals surface area contributed by atoms with Crippen LogP contribution in [-0.2, 0) is 6.42 Å². The molecule has 0 aliphatic rings. The Balaban J connectivity index is 2.28. The molecule has 0 amide bonds. The van der Waals surface area contributed by atoms with Gasteiger partial charge in [-0.3, -0.25) is 0 Å². The molecule has 2 nitrogen and oxygen atoms in total. The maximum Gasteiger partial charge on any atom is 0.121 e. The van der Waals surface area contributed by atoms with E-state index in [1.54, 1.807) is 13.2 Å². The summed E-state index contributed by atoms with van der Waals surface area (Å²) in [4.78, 5) is 0. The molecule has 0 radical (unpaired) electrons. The Hall–Kier alpha value is -1.22. The monoisotopic (exact) mass is 323 g/mol. The van der Waals surface area contributed by atoms with Gasteiger partial charge < -0.3 is 10.1 Å². The molecule has 0 aliphatic carbocycles. The SMILES string of the molecule is CNC(Cc1cccc(Cl)c1Cl)c1ccc(OC)c(C)c1. The Morgan fingerprint density at radius 3 is 2.57 bits per heavy atom. The van der Waals surface area contributed by atoms with Gasteiger partial charge in [0, 0.05) is 6.04 Å². The van der Waals surface area contributed by atoms with Crippen LogP contribution in [0.1, 0.15) is 22.7 Å². The van der Waals surface area contributed by atoms with Crippen LogP contribution in [0.25, 0.3) is 0 Å². The summed E-state index contributed by atoms with van der Waals surface area (Å²) < 4.78 is 5.31. The standard InChI is InChI=1S/C17H19Cl2NO/c1-11-9-12(7-8-16(11)21-3)15(20-2)10-13-5-4-6-14(18)17(13)19/h4-9,15,20H,10H2,1-3H3. The first-order valence-corrected chi connectivity index (χ1v) is 7.57. The van der Waals surface area contributed by atoms with E-state index < -0.39 is 0 Å². The quantitative estimate of drug-likeness (QED) is 0.852. The topological polar surface area (TPSA) is 21.3 Å². The van der Waals surface area contributed by atoms with Gasteiger partial charge >= 0.3 is 0 Å². The lowest BCUT2D eigenvalue weighted by molar-refractivity contribution is 0.411. The molecule has 1 unspecified atom stereocenters. The summed E-state index contributed by atoms with van der Waals surface area (Å²) in [5.74, 6) is 0.898. The molecule has 0 bridgehead atoms. The number of likely N-dealkylation sites (N-methyl/N-ethyl adjacent to an activating group) is 1. The number of ether oxygens (including phenoxy) is 1. The van der Waals surface area contributed by atoms with E-state index in [1.807, 2.05) is 32.2 Å². The van der Waals surface area contributed by atoms with E-state index in [4.69, 9.17) is 27.9 Å². The van der Waals surface area contributed by atoms with Crippen LogP contribution in [-0.4, -0.2) is 14.2 Å². The molecule has 0 aliphatic heterocycles. The molecule has 0 aromatic heterocycles. The van der Waals surface area contributed by atoms with Crippen molar-refractivity contribution in [3.05, 3.63) is 63.1 Å². The van der Waals surface area contributed by atoms with E-state index in [0.717, 1.165) is 23.3 Å². The Labute approximate surface area is 136 Å². The zero-order chi connectivity index (χ0) is 15.4. The number of methoxy groups -OCH3 is 1. The minimum absolute atomic E-state index is 0.172. The summed E-state index contributed by atoms with van der Waals surface area (Å²) in [6.45, 7) is 2.04. The molecule has 0 saturated carbocycles. The van der Waals surface area contributed by atoms with Gasteiger partial charge in [0.05, 0.1) is 17.2 Å². The van der Waals surface area contributed by atoms with Gasteiger partial charge in [-0.05, 0) is 49.2 Å². The van der Waals surface area contributed by atoms with E-state index in [9.17, 15) is 0 Å². The third-order valence-corrected chi connectivity index (χ3v) is 4.48. The highest BCUT2D eigenvalue weighted by molar-refractivity contribution is 6.42. The predicted molar refractivity (Wildman–Crippen MR) is 89.7 cm³/mol. The molecule has 112 valence electrons. The number of nitrogens with one attached hydrogen (secondary N) is 1. The summed E-state index contributed by atoms with van der Waals surface area (Å²) in [6, 6.07) is 12.1. The Morgan fingerprint density at radius 2 is 1.95 bits per heavy atom. The van der Waals surface area contributed by atoms with Crippen LogP contribution >= 0.6 is 23.2 Å². The van der Waals surface area contributed by atoms with Crippen molar-refractivity contribution in [2.75, 3.05) is 14.2 Å². The van der Waals surface area contributed by atoms with Gasteiger partial charge in [0.15, 0.2) is 0 Å². The van der Waals surface area contributed by atoms with Crippen molar-refractivity contribution in [1.82, 2.24) is 5.32 Å². The maximum absolute atomic E-state index is 6.28. The van der Waals surface area contributed by atoms with E-state index in [1.165, 1.54) is 5.56 Å². The molecule has 4 heteroatoms. The van der Waals surface area contributed by atoms with Crippen LogP contribution in [0, 0.1) is 6.92 Å². The number of hydrogen-bond acceptors (Lipinski definition) is 2. The Morgan fingerprint density at radius 1 is 1.19 bits per heavy atom. The first kappa shape index (κ1) is 16.2. The normalized spacial score (nSPS) is 12.2. The van der Waals surface area contributed by atoms with Crippen molar-refractivity contribution in [3.8, 4) is 5.75 Å². The van der Waals surface area contributed by atoms with Crippen LogP contribution in [0.3, 0.4) is 0 Å². The van der Waals surface area contributed by atoms with Crippen LogP contribution in [0.15, 0.2) is 36.4 Å². The zero-order valence-electron chi connectivity index (χ0n) is 12.4.